The van der Waals surface area contributed by atoms with Crippen LogP contribution in [0.5, 0.6) is 0 Å². The molecule has 26 heavy (non-hydrogen) atoms. The fraction of sp³-hybridized carbons (Fsp3) is 0.200. The summed E-state index contributed by atoms with van der Waals surface area (Å²) in [5, 5.41) is 0.378. The van der Waals surface area contributed by atoms with E-state index in [-0.39, 0.29) is 5.78 Å². The number of carbonyl (C=O) groups excluding carboxylic acids is 1. The maximum Gasteiger partial charge on any atom is 0.173 e. The van der Waals surface area contributed by atoms with Crippen LogP contribution in [-0.4, -0.2) is 21.1 Å². The van der Waals surface area contributed by atoms with E-state index in [0.717, 1.165) is 26.0 Å². The second kappa shape index (κ2) is 9.11. The molecule has 134 valence electrons. The van der Waals surface area contributed by atoms with E-state index in [4.69, 9.17) is 0 Å². The molecule has 3 nitrogen and oxygen atoms in total. The number of ketones is 1. The van der Waals surface area contributed by atoms with Gasteiger partial charge in [0.2, 0.25) is 0 Å². The van der Waals surface area contributed by atoms with Gasteiger partial charge < -0.3 is 4.98 Å². The summed E-state index contributed by atoms with van der Waals surface area (Å²) in [4.78, 5) is 18.9. The normalized spacial score (nSPS) is 13.0. The Morgan fingerprint density at radius 1 is 1.08 bits per heavy atom. The van der Waals surface area contributed by atoms with Crippen LogP contribution in [-0.2, 0) is 0 Å². The highest BCUT2D eigenvalue weighted by Crippen LogP contribution is 2.38. The van der Waals surface area contributed by atoms with Crippen LogP contribution in [0.3, 0.4) is 0 Å². The third kappa shape index (κ3) is 5.38. The van der Waals surface area contributed by atoms with Crippen molar-refractivity contribution in [1.82, 2.24) is 9.97 Å². The molecule has 3 aromatic rings. The number of halogens is 3. The summed E-state index contributed by atoms with van der Waals surface area (Å²) < 4.78 is 2.03. The fourth-order valence-corrected chi connectivity index (χ4v) is 3.56. The fourth-order valence-electron chi connectivity index (χ4n) is 2.44. The van der Waals surface area contributed by atoms with E-state index in [1.807, 2.05) is 36.5 Å². The van der Waals surface area contributed by atoms with Crippen LogP contribution < -0.4 is 0 Å². The lowest BCUT2D eigenvalue weighted by atomic mass is 10.2. The van der Waals surface area contributed by atoms with Crippen molar-refractivity contribution in [2.75, 3.05) is 5.33 Å². The number of carbonyl (C=O) groups is 1. The third-order valence-corrected chi connectivity index (χ3v) is 5.46. The highest BCUT2D eigenvalue weighted by atomic mass is 79.9. The largest absolute Gasteiger partial charge is 0.342 e. The molecule has 1 fully saturated rings. The van der Waals surface area contributed by atoms with Gasteiger partial charge in [-0.1, -0.05) is 72.1 Å². The number of Topliss-reactive ketones (excluding diaryl/α,β-unsaturated/α-hetero) is 1. The van der Waals surface area contributed by atoms with E-state index in [0.29, 0.717) is 11.2 Å². The zero-order valence-corrected chi connectivity index (χ0v) is 18.6. The lowest BCUT2D eigenvalue weighted by molar-refractivity contribution is 0.102. The standard InChI is InChI=1S/C12H11BrN2.C8H6Br2O/c13-10-3-1-2-9(6-10)11-7-14-12(15-11)8-4-5-8;9-5-8(11)6-2-1-3-7(10)4-6/h1-3,6-8H,4-5H2,(H,14,15);1-4H,5H2. The molecule has 2 aromatic carbocycles. The summed E-state index contributed by atoms with van der Waals surface area (Å²) in [7, 11) is 0. The Morgan fingerprint density at radius 2 is 1.77 bits per heavy atom. The minimum atomic E-state index is 0.103. The van der Waals surface area contributed by atoms with Gasteiger partial charge in [0.05, 0.1) is 17.2 Å². The summed E-state index contributed by atoms with van der Waals surface area (Å²) in [6, 6.07) is 15.6. The van der Waals surface area contributed by atoms with Crippen molar-refractivity contribution in [1.29, 1.82) is 0 Å². The number of benzene rings is 2. The lowest BCUT2D eigenvalue weighted by Crippen LogP contribution is -1.98. The number of hydrogen-bond donors (Lipinski definition) is 1. The number of nitrogens with zero attached hydrogens (tertiary/aromatic N) is 1. The Balaban J connectivity index is 0.000000160. The van der Waals surface area contributed by atoms with Crippen LogP contribution in [0.1, 0.15) is 34.9 Å². The first-order valence-corrected chi connectivity index (χ1v) is 10.9. The van der Waals surface area contributed by atoms with Crippen molar-refractivity contribution >= 4 is 53.6 Å². The molecule has 1 N–H and O–H groups in total. The summed E-state index contributed by atoms with van der Waals surface area (Å²) in [6.45, 7) is 0. The van der Waals surface area contributed by atoms with E-state index in [1.54, 1.807) is 6.07 Å². The minimum Gasteiger partial charge on any atom is -0.342 e. The van der Waals surface area contributed by atoms with Crippen LogP contribution in [0.15, 0.2) is 63.7 Å². The predicted molar refractivity (Wildman–Crippen MR) is 116 cm³/mol. The molecule has 0 aliphatic heterocycles. The van der Waals surface area contributed by atoms with Gasteiger partial charge in [0, 0.05) is 26.0 Å². The average molecular weight is 541 g/mol. The Bertz CT molecular complexity index is 903. The quantitative estimate of drug-likeness (QED) is 0.294. The van der Waals surface area contributed by atoms with Gasteiger partial charge in [0.15, 0.2) is 5.78 Å². The highest BCUT2D eigenvalue weighted by molar-refractivity contribution is 9.10. The smallest absolute Gasteiger partial charge is 0.173 e. The number of H-pyrrole nitrogens is 1. The first kappa shape index (κ1) is 19.5. The van der Waals surface area contributed by atoms with E-state index in [9.17, 15) is 4.79 Å². The van der Waals surface area contributed by atoms with E-state index in [2.05, 4.69) is 69.9 Å². The van der Waals surface area contributed by atoms with Crippen molar-refractivity contribution < 1.29 is 4.79 Å². The summed E-state index contributed by atoms with van der Waals surface area (Å²) >= 11 is 9.88. The molecule has 0 spiro atoms. The van der Waals surface area contributed by atoms with Gasteiger partial charge in [0.1, 0.15) is 5.82 Å². The van der Waals surface area contributed by atoms with Gasteiger partial charge in [-0.25, -0.2) is 4.98 Å². The zero-order valence-electron chi connectivity index (χ0n) is 13.9. The Labute approximate surface area is 178 Å². The lowest BCUT2D eigenvalue weighted by Gasteiger charge is -1.97. The summed E-state index contributed by atoms with van der Waals surface area (Å²) in [5.41, 5.74) is 3.03. The van der Waals surface area contributed by atoms with Crippen molar-refractivity contribution in [3.8, 4) is 11.3 Å². The van der Waals surface area contributed by atoms with Crippen LogP contribution in [0, 0.1) is 0 Å². The molecule has 0 amide bonds. The number of imidazole rings is 1. The van der Waals surface area contributed by atoms with Crippen LogP contribution in [0.25, 0.3) is 11.3 Å². The molecule has 0 atom stereocenters. The number of aromatic nitrogens is 2. The molecule has 1 aromatic heterocycles. The highest BCUT2D eigenvalue weighted by Gasteiger charge is 2.26. The maximum absolute atomic E-state index is 11.1. The molecule has 1 heterocycles. The van der Waals surface area contributed by atoms with Gasteiger partial charge in [-0.05, 0) is 37.1 Å². The number of hydrogen-bond acceptors (Lipinski definition) is 2. The summed E-state index contributed by atoms with van der Waals surface area (Å²) in [5.74, 6) is 1.93. The topological polar surface area (TPSA) is 45.8 Å². The summed E-state index contributed by atoms with van der Waals surface area (Å²) in [6.07, 6.45) is 4.49. The Kier molecular flexibility index (Phi) is 6.84. The number of nitrogens with one attached hydrogen (secondary N) is 1. The number of rotatable bonds is 4. The molecule has 0 radical (unpaired) electrons. The molecule has 1 aliphatic rings. The van der Waals surface area contributed by atoms with Crippen molar-refractivity contribution in [2.24, 2.45) is 0 Å². The monoisotopic (exact) mass is 538 g/mol. The molecule has 0 saturated heterocycles. The Hall–Kier alpha value is -1.24. The molecule has 0 bridgehead atoms. The second-order valence-electron chi connectivity index (χ2n) is 6.03. The minimum absolute atomic E-state index is 0.103. The SMILES string of the molecule is Brc1cccc(-c2cnc(C3CC3)[nH]2)c1.O=C(CBr)c1cccc(Br)c1. The molecule has 6 heteroatoms. The van der Waals surface area contributed by atoms with Crippen LogP contribution >= 0.6 is 47.8 Å². The van der Waals surface area contributed by atoms with E-state index >= 15 is 0 Å². The molecule has 4 rings (SSSR count). The Morgan fingerprint density at radius 3 is 2.38 bits per heavy atom. The average Bonchev–Trinajstić information content (AvgIpc) is 3.38. The van der Waals surface area contributed by atoms with Crippen LogP contribution in [0.2, 0.25) is 0 Å². The predicted octanol–water partition coefficient (Wildman–Crippen LogP) is 6.74. The van der Waals surface area contributed by atoms with Gasteiger partial charge >= 0.3 is 0 Å². The van der Waals surface area contributed by atoms with Crippen molar-refractivity contribution in [2.45, 2.75) is 18.8 Å². The molecular formula is C20H17Br3N2O. The van der Waals surface area contributed by atoms with Gasteiger partial charge in [0.25, 0.3) is 0 Å². The molecular weight excluding hydrogens is 524 g/mol. The van der Waals surface area contributed by atoms with Gasteiger partial charge in [-0.2, -0.15) is 0 Å². The van der Waals surface area contributed by atoms with Crippen molar-refractivity contribution in [3.63, 3.8) is 0 Å². The maximum atomic E-state index is 11.1. The van der Waals surface area contributed by atoms with Crippen molar-refractivity contribution in [3.05, 3.63) is 75.1 Å². The zero-order chi connectivity index (χ0) is 18.5. The third-order valence-electron chi connectivity index (χ3n) is 3.96. The second-order valence-corrected chi connectivity index (χ2v) is 8.43. The van der Waals surface area contributed by atoms with E-state index in [1.165, 1.54) is 18.4 Å². The van der Waals surface area contributed by atoms with Gasteiger partial charge in [-0.15, -0.1) is 0 Å². The number of alkyl halides is 1. The van der Waals surface area contributed by atoms with E-state index < -0.39 is 0 Å². The van der Waals surface area contributed by atoms with Crippen LogP contribution in [0.4, 0.5) is 0 Å². The molecule has 0 unspecified atom stereocenters. The van der Waals surface area contributed by atoms with Gasteiger partial charge in [-0.3, -0.25) is 4.79 Å². The number of aromatic amines is 1. The molecule has 1 aliphatic carbocycles. The first-order chi connectivity index (χ1) is 12.6. The molecule has 1 saturated carbocycles. The first-order valence-electron chi connectivity index (χ1n) is 8.22.